The number of hydrogen-bond donors (Lipinski definition) is 1. The lowest BCUT2D eigenvalue weighted by molar-refractivity contribution is -0.113. The molecule has 0 bridgehead atoms. The molecule has 1 aliphatic rings. The molecular formula is C7H9NO. The third-order valence-corrected chi connectivity index (χ3v) is 1.26. The first-order valence-corrected chi connectivity index (χ1v) is 2.92. The lowest BCUT2D eigenvalue weighted by Crippen LogP contribution is -2.06. The average Bonchev–Trinajstić information content (AvgIpc) is 1.90. The van der Waals surface area contributed by atoms with Crippen LogP contribution in [0.25, 0.3) is 0 Å². The van der Waals surface area contributed by atoms with Gasteiger partial charge >= 0.3 is 0 Å². The number of carbonyl (C=O) groups is 1. The molecule has 0 unspecified atom stereocenters. The highest BCUT2D eigenvalue weighted by molar-refractivity contribution is 5.93. The zero-order valence-corrected chi connectivity index (χ0v) is 5.35. The monoisotopic (exact) mass is 123 g/mol. The van der Waals surface area contributed by atoms with E-state index in [9.17, 15) is 4.79 Å². The molecule has 1 rings (SSSR count). The van der Waals surface area contributed by atoms with Crippen LogP contribution < -0.4 is 5.32 Å². The quantitative estimate of drug-likeness (QED) is 0.562. The molecule has 0 spiro atoms. The third kappa shape index (κ3) is 1.42. The second-order valence-corrected chi connectivity index (χ2v) is 2.00. The Balaban J connectivity index is 2.61. The van der Waals surface area contributed by atoms with Crippen molar-refractivity contribution in [3.05, 3.63) is 24.0 Å². The topological polar surface area (TPSA) is 29.1 Å². The zero-order chi connectivity index (χ0) is 6.69. The maximum Gasteiger partial charge on any atom is 0.157 e. The summed E-state index contributed by atoms with van der Waals surface area (Å²) in [7, 11) is 0. The van der Waals surface area contributed by atoms with E-state index in [-0.39, 0.29) is 5.78 Å². The van der Waals surface area contributed by atoms with Crippen LogP contribution in [-0.4, -0.2) is 5.78 Å². The number of rotatable bonds is 1. The molecule has 0 fully saturated rings. The molecule has 1 aliphatic heterocycles. The van der Waals surface area contributed by atoms with Crippen molar-refractivity contribution in [2.24, 2.45) is 0 Å². The van der Waals surface area contributed by atoms with Crippen LogP contribution in [-0.2, 0) is 4.79 Å². The van der Waals surface area contributed by atoms with E-state index >= 15 is 0 Å². The molecule has 0 aromatic carbocycles. The van der Waals surface area contributed by atoms with Gasteiger partial charge in [0.2, 0.25) is 0 Å². The van der Waals surface area contributed by atoms with Crippen molar-refractivity contribution >= 4 is 5.78 Å². The van der Waals surface area contributed by atoms with E-state index in [0.29, 0.717) is 0 Å². The Morgan fingerprint density at radius 3 is 2.89 bits per heavy atom. The molecule has 0 aromatic rings. The normalized spacial score (nSPS) is 16.3. The molecular weight excluding hydrogens is 114 g/mol. The summed E-state index contributed by atoms with van der Waals surface area (Å²) in [5.74, 6) is 0.145. The molecule has 0 aliphatic carbocycles. The van der Waals surface area contributed by atoms with Gasteiger partial charge in [0.05, 0.1) is 0 Å². The highest BCUT2D eigenvalue weighted by atomic mass is 16.1. The Morgan fingerprint density at radius 2 is 2.56 bits per heavy atom. The number of ketones is 1. The lowest BCUT2D eigenvalue weighted by atomic mass is 10.1. The predicted molar refractivity (Wildman–Crippen MR) is 35.7 cm³/mol. The summed E-state index contributed by atoms with van der Waals surface area (Å²) < 4.78 is 0. The molecule has 0 aromatic heterocycles. The highest BCUT2D eigenvalue weighted by Gasteiger charge is 2.01. The molecule has 0 amide bonds. The molecule has 2 nitrogen and oxygen atoms in total. The third-order valence-electron chi connectivity index (χ3n) is 1.26. The fraction of sp³-hybridized carbons (Fsp3) is 0.286. The molecule has 0 atom stereocenters. The van der Waals surface area contributed by atoms with Crippen molar-refractivity contribution in [3.63, 3.8) is 0 Å². The van der Waals surface area contributed by atoms with Crippen LogP contribution in [0.15, 0.2) is 24.0 Å². The van der Waals surface area contributed by atoms with E-state index in [1.54, 1.807) is 13.1 Å². The number of carbonyl (C=O) groups excluding carboxylic acids is 1. The average molecular weight is 123 g/mol. The molecule has 0 saturated heterocycles. The molecule has 48 valence electrons. The Labute approximate surface area is 54.3 Å². The van der Waals surface area contributed by atoms with Crippen molar-refractivity contribution < 1.29 is 4.79 Å². The van der Waals surface area contributed by atoms with Crippen LogP contribution in [0.4, 0.5) is 0 Å². The van der Waals surface area contributed by atoms with E-state index in [1.165, 1.54) is 0 Å². The fourth-order valence-corrected chi connectivity index (χ4v) is 0.707. The number of allylic oxidation sites excluding steroid dienone is 2. The minimum atomic E-state index is 0.145. The van der Waals surface area contributed by atoms with Crippen molar-refractivity contribution in [3.8, 4) is 0 Å². The SMILES string of the molecule is CC(=O)C1=CNC=CC1. The van der Waals surface area contributed by atoms with Crippen LogP contribution in [0.3, 0.4) is 0 Å². The molecule has 1 N–H and O–H groups in total. The summed E-state index contributed by atoms with van der Waals surface area (Å²) in [5.41, 5.74) is 0.845. The Kier molecular flexibility index (Phi) is 1.68. The first-order valence-electron chi connectivity index (χ1n) is 2.92. The summed E-state index contributed by atoms with van der Waals surface area (Å²) in [5, 5.41) is 2.85. The second kappa shape index (κ2) is 2.49. The van der Waals surface area contributed by atoms with E-state index < -0.39 is 0 Å². The minimum Gasteiger partial charge on any atom is -0.368 e. The second-order valence-electron chi connectivity index (χ2n) is 2.00. The smallest absolute Gasteiger partial charge is 0.157 e. The van der Waals surface area contributed by atoms with Gasteiger partial charge in [0, 0.05) is 11.8 Å². The first kappa shape index (κ1) is 6.08. The highest BCUT2D eigenvalue weighted by Crippen LogP contribution is 2.04. The van der Waals surface area contributed by atoms with Crippen LogP contribution in [0.5, 0.6) is 0 Å². The number of Topliss-reactive ketones (excluding diaryl/α,β-unsaturated/α-hetero) is 1. The molecule has 2 heteroatoms. The van der Waals surface area contributed by atoms with Gasteiger partial charge in [0.25, 0.3) is 0 Å². The summed E-state index contributed by atoms with van der Waals surface area (Å²) >= 11 is 0. The van der Waals surface area contributed by atoms with Gasteiger partial charge < -0.3 is 5.32 Å². The van der Waals surface area contributed by atoms with E-state index in [4.69, 9.17) is 0 Å². The van der Waals surface area contributed by atoms with E-state index in [1.807, 2.05) is 12.3 Å². The molecule has 0 saturated carbocycles. The Bertz CT molecular complexity index is 179. The fourth-order valence-electron chi connectivity index (χ4n) is 0.707. The van der Waals surface area contributed by atoms with Crippen molar-refractivity contribution in [1.29, 1.82) is 0 Å². The zero-order valence-electron chi connectivity index (χ0n) is 5.35. The van der Waals surface area contributed by atoms with Crippen LogP contribution in [0, 0.1) is 0 Å². The summed E-state index contributed by atoms with van der Waals surface area (Å²) in [6.07, 6.45) is 6.26. The summed E-state index contributed by atoms with van der Waals surface area (Å²) in [6.45, 7) is 1.58. The van der Waals surface area contributed by atoms with Crippen LogP contribution in [0.2, 0.25) is 0 Å². The minimum absolute atomic E-state index is 0.145. The maximum absolute atomic E-state index is 10.7. The van der Waals surface area contributed by atoms with Gasteiger partial charge in [-0.05, 0) is 19.5 Å². The van der Waals surface area contributed by atoms with Crippen molar-refractivity contribution in [2.45, 2.75) is 13.3 Å². The molecule has 0 radical (unpaired) electrons. The summed E-state index contributed by atoms with van der Waals surface area (Å²) in [4.78, 5) is 10.7. The van der Waals surface area contributed by atoms with Gasteiger partial charge in [-0.25, -0.2) is 0 Å². The standard InChI is InChI=1S/C7H9NO/c1-6(9)7-3-2-4-8-5-7/h2,4-5,8H,3H2,1H3. The largest absolute Gasteiger partial charge is 0.368 e. The van der Waals surface area contributed by atoms with Gasteiger partial charge in [-0.2, -0.15) is 0 Å². The van der Waals surface area contributed by atoms with Gasteiger partial charge in [-0.15, -0.1) is 0 Å². The number of nitrogens with one attached hydrogen (secondary N) is 1. The van der Waals surface area contributed by atoms with Gasteiger partial charge in [-0.1, -0.05) is 6.08 Å². The van der Waals surface area contributed by atoms with Crippen LogP contribution >= 0.6 is 0 Å². The predicted octanol–water partition coefficient (Wildman–Crippen LogP) is 0.966. The summed E-state index contributed by atoms with van der Waals surface area (Å²) in [6, 6.07) is 0. The molecule has 9 heavy (non-hydrogen) atoms. The molecule has 1 heterocycles. The van der Waals surface area contributed by atoms with Gasteiger partial charge in [0.1, 0.15) is 0 Å². The maximum atomic E-state index is 10.7. The first-order chi connectivity index (χ1) is 4.30. The van der Waals surface area contributed by atoms with Crippen molar-refractivity contribution in [1.82, 2.24) is 5.32 Å². The van der Waals surface area contributed by atoms with E-state index in [2.05, 4.69) is 5.32 Å². The number of hydrogen-bond acceptors (Lipinski definition) is 2. The number of dihydropyridines is 1. The Morgan fingerprint density at radius 1 is 1.78 bits per heavy atom. The van der Waals surface area contributed by atoms with Crippen molar-refractivity contribution in [2.75, 3.05) is 0 Å². The van der Waals surface area contributed by atoms with E-state index in [0.717, 1.165) is 12.0 Å². The lowest BCUT2D eigenvalue weighted by Gasteiger charge is -2.03. The van der Waals surface area contributed by atoms with Crippen LogP contribution in [0.1, 0.15) is 13.3 Å². The van der Waals surface area contributed by atoms with Gasteiger partial charge in [0.15, 0.2) is 5.78 Å². The van der Waals surface area contributed by atoms with Gasteiger partial charge in [-0.3, -0.25) is 4.79 Å². The Hall–Kier alpha value is -1.05.